The molecule has 0 spiro atoms. The van der Waals surface area contributed by atoms with E-state index < -0.39 is 23.6 Å². The first-order valence-corrected chi connectivity index (χ1v) is 5.45. The molecule has 1 aromatic carbocycles. The Balaban J connectivity index is 2.66. The summed E-state index contributed by atoms with van der Waals surface area (Å²) in [5.41, 5.74) is -0.768. The van der Waals surface area contributed by atoms with Gasteiger partial charge in [0.15, 0.2) is 0 Å². The number of aliphatic carboxylic acids is 1. The lowest BCUT2D eigenvalue weighted by molar-refractivity contribution is -0.141. The van der Waals surface area contributed by atoms with Crippen LogP contribution >= 0.6 is 0 Å². The van der Waals surface area contributed by atoms with Crippen molar-refractivity contribution in [2.75, 3.05) is 11.9 Å². The van der Waals surface area contributed by atoms with Crippen LogP contribution < -0.4 is 5.32 Å². The molecule has 0 bridgehead atoms. The van der Waals surface area contributed by atoms with Crippen molar-refractivity contribution in [3.05, 3.63) is 29.8 Å². The van der Waals surface area contributed by atoms with Crippen molar-refractivity contribution in [1.82, 2.24) is 0 Å². The van der Waals surface area contributed by atoms with E-state index in [1.165, 1.54) is 25.1 Å². The minimum absolute atomic E-state index is 0.0254. The van der Waals surface area contributed by atoms with Crippen molar-refractivity contribution >= 4 is 11.7 Å². The summed E-state index contributed by atoms with van der Waals surface area (Å²) >= 11 is 0. The van der Waals surface area contributed by atoms with Crippen LogP contribution in [-0.4, -0.2) is 17.6 Å². The largest absolute Gasteiger partial charge is 0.481 e. The van der Waals surface area contributed by atoms with Crippen molar-refractivity contribution in [1.29, 1.82) is 0 Å². The van der Waals surface area contributed by atoms with Gasteiger partial charge < -0.3 is 10.4 Å². The maximum Gasteiger partial charge on any atom is 0.418 e. The van der Waals surface area contributed by atoms with Crippen LogP contribution in [0.4, 0.5) is 18.9 Å². The molecule has 0 aliphatic heterocycles. The molecule has 3 nitrogen and oxygen atoms in total. The molecule has 0 aliphatic carbocycles. The number of hydrogen-bond acceptors (Lipinski definition) is 2. The van der Waals surface area contributed by atoms with Crippen LogP contribution in [0.3, 0.4) is 0 Å². The van der Waals surface area contributed by atoms with Gasteiger partial charge in [-0.2, -0.15) is 13.2 Å². The number of anilines is 1. The first-order valence-electron chi connectivity index (χ1n) is 5.45. The minimum Gasteiger partial charge on any atom is -0.481 e. The van der Waals surface area contributed by atoms with Crippen LogP contribution in [-0.2, 0) is 11.0 Å². The standard InChI is InChI=1S/C12H14F3NO2/c1-8(11(17)18)6-7-16-10-5-3-2-4-9(10)12(13,14)15/h2-5,8,16H,6-7H2,1H3,(H,17,18). The number of rotatable bonds is 5. The summed E-state index contributed by atoms with van der Waals surface area (Å²) in [7, 11) is 0. The third kappa shape index (κ3) is 3.94. The quantitative estimate of drug-likeness (QED) is 0.855. The van der Waals surface area contributed by atoms with Crippen molar-refractivity contribution in [3.63, 3.8) is 0 Å². The van der Waals surface area contributed by atoms with E-state index in [0.29, 0.717) is 0 Å². The highest BCUT2D eigenvalue weighted by atomic mass is 19.4. The summed E-state index contributed by atoms with van der Waals surface area (Å²) in [6.45, 7) is 1.69. The van der Waals surface area contributed by atoms with Gasteiger partial charge in [-0.1, -0.05) is 19.1 Å². The highest BCUT2D eigenvalue weighted by molar-refractivity contribution is 5.69. The molecular weight excluding hydrogens is 247 g/mol. The molecule has 0 saturated carbocycles. The Morgan fingerprint density at radius 1 is 1.39 bits per heavy atom. The molecule has 1 rings (SSSR count). The van der Waals surface area contributed by atoms with Gasteiger partial charge in [-0.25, -0.2) is 0 Å². The maximum absolute atomic E-state index is 12.6. The summed E-state index contributed by atoms with van der Waals surface area (Å²) < 4.78 is 37.9. The van der Waals surface area contributed by atoms with Crippen LogP contribution in [0.1, 0.15) is 18.9 Å². The van der Waals surface area contributed by atoms with E-state index in [0.717, 1.165) is 6.07 Å². The number of benzene rings is 1. The van der Waals surface area contributed by atoms with Crippen molar-refractivity contribution in [3.8, 4) is 0 Å². The third-order valence-electron chi connectivity index (χ3n) is 2.55. The first-order chi connectivity index (χ1) is 8.32. The van der Waals surface area contributed by atoms with Crippen molar-refractivity contribution < 1.29 is 23.1 Å². The fourth-order valence-electron chi connectivity index (χ4n) is 1.43. The molecule has 0 amide bonds. The summed E-state index contributed by atoms with van der Waals surface area (Å²) in [4.78, 5) is 10.6. The molecule has 2 N–H and O–H groups in total. The van der Waals surface area contributed by atoms with Crippen LogP contribution in [0.15, 0.2) is 24.3 Å². The lowest BCUT2D eigenvalue weighted by atomic mass is 10.1. The highest BCUT2D eigenvalue weighted by Crippen LogP contribution is 2.34. The number of carbonyl (C=O) groups is 1. The number of hydrogen-bond donors (Lipinski definition) is 2. The molecule has 6 heteroatoms. The zero-order valence-electron chi connectivity index (χ0n) is 9.79. The zero-order valence-corrected chi connectivity index (χ0v) is 9.79. The molecular formula is C12H14F3NO2. The van der Waals surface area contributed by atoms with Gasteiger partial charge in [0.1, 0.15) is 0 Å². The van der Waals surface area contributed by atoms with E-state index in [1.807, 2.05) is 0 Å². The minimum atomic E-state index is -4.41. The van der Waals surface area contributed by atoms with Crippen LogP contribution in [0, 0.1) is 5.92 Å². The van der Waals surface area contributed by atoms with E-state index in [4.69, 9.17) is 5.11 Å². The van der Waals surface area contributed by atoms with Gasteiger partial charge in [0.25, 0.3) is 0 Å². The van der Waals surface area contributed by atoms with Gasteiger partial charge in [-0.05, 0) is 18.6 Å². The molecule has 0 fully saturated rings. The lowest BCUT2D eigenvalue weighted by Crippen LogP contribution is -2.16. The van der Waals surface area contributed by atoms with Gasteiger partial charge in [-0.3, -0.25) is 4.79 Å². The maximum atomic E-state index is 12.6. The second kappa shape index (κ2) is 5.75. The summed E-state index contributed by atoms with van der Waals surface area (Å²) in [6, 6.07) is 5.13. The fourth-order valence-corrected chi connectivity index (χ4v) is 1.43. The number of nitrogens with one attached hydrogen (secondary N) is 1. The smallest absolute Gasteiger partial charge is 0.418 e. The molecule has 100 valence electrons. The average Bonchev–Trinajstić information content (AvgIpc) is 2.28. The van der Waals surface area contributed by atoms with E-state index in [9.17, 15) is 18.0 Å². The highest BCUT2D eigenvalue weighted by Gasteiger charge is 2.33. The molecule has 1 aromatic rings. The van der Waals surface area contributed by atoms with Crippen LogP contribution in [0.5, 0.6) is 0 Å². The SMILES string of the molecule is CC(CCNc1ccccc1C(F)(F)F)C(=O)O. The normalized spacial score (nSPS) is 13.1. The third-order valence-corrected chi connectivity index (χ3v) is 2.55. The Hall–Kier alpha value is -1.72. The lowest BCUT2D eigenvalue weighted by Gasteiger charge is -2.15. The summed E-state index contributed by atoms with van der Waals surface area (Å²) in [5.74, 6) is -1.54. The van der Waals surface area contributed by atoms with E-state index in [1.54, 1.807) is 0 Å². The van der Waals surface area contributed by atoms with Gasteiger partial charge in [0, 0.05) is 12.2 Å². The van der Waals surface area contributed by atoms with E-state index in [2.05, 4.69) is 5.32 Å². The molecule has 0 aliphatic rings. The van der Waals surface area contributed by atoms with Crippen LogP contribution in [0.2, 0.25) is 0 Å². The Morgan fingerprint density at radius 3 is 2.56 bits per heavy atom. The second-order valence-electron chi connectivity index (χ2n) is 4.00. The van der Waals surface area contributed by atoms with Gasteiger partial charge >= 0.3 is 12.1 Å². The summed E-state index contributed by atoms with van der Waals surface area (Å²) in [5, 5.41) is 11.3. The van der Waals surface area contributed by atoms with E-state index >= 15 is 0 Å². The topological polar surface area (TPSA) is 49.3 Å². The Labute approximate surface area is 103 Å². The molecule has 0 saturated heterocycles. The Kier molecular flexibility index (Phi) is 4.58. The predicted molar refractivity (Wildman–Crippen MR) is 61.4 cm³/mol. The van der Waals surface area contributed by atoms with Gasteiger partial charge in [0.2, 0.25) is 0 Å². The summed E-state index contributed by atoms with van der Waals surface area (Å²) in [6.07, 6.45) is -4.15. The van der Waals surface area contributed by atoms with Crippen molar-refractivity contribution in [2.45, 2.75) is 19.5 Å². The molecule has 18 heavy (non-hydrogen) atoms. The van der Waals surface area contributed by atoms with Gasteiger partial charge in [-0.15, -0.1) is 0 Å². The molecule has 0 aromatic heterocycles. The molecule has 0 heterocycles. The van der Waals surface area contributed by atoms with Gasteiger partial charge in [0.05, 0.1) is 11.5 Å². The van der Waals surface area contributed by atoms with Crippen molar-refractivity contribution in [2.24, 2.45) is 5.92 Å². The number of carboxylic acid groups (broad SMARTS) is 1. The Bertz CT molecular complexity index is 418. The Morgan fingerprint density at radius 2 is 2.00 bits per heavy atom. The average molecular weight is 261 g/mol. The second-order valence-corrected chi connectivity index (χ2v) is 4.00. The first kappa shape index (κ1) is 14.3. The molecule has 1 atom stereocenters. The van der Waals surface area contributed by atoms with Crippen LogP contribution in [0.25, 0.3) is 0 Å². The zero-order chi connectivity index (χ0) is 13.8. The predicted octanol–water partition coefficient (Wildman–Crippen LogP) is 3.23. The number of carboxylic acids is 1. The molecule has 1 unspecified atom stereocenters. The fraction of sp³-hybridized carbons (Fsp3) is 0.417. The number of para-hydroxylation sites is 1. The van der Waals surface area contributed by atoms with E-state index in [-0.39, 0.29) is 18.7 Å². The number of halogens is 3. The monoisotopic (exact) mass is 261 g/mol. The number of alkyl halides is 3. The molecule has 0 radical (unpaired) electrons.